The van der Waals surface area contributed by atoms with Gasteiger partial charge in [0.2, 0.25) is 8.32 Å². The van der Waals surface area contributed by atoms with Gasteiger partial charge >= 0.3 is 17.8 Å². The van der Waals surface area contributed by atoms with Gasteiger partial charge in [-0.2, -0.15) is 13.2 Å². The first-order valence-corrected chi connectivity index (χ1v) is 15.2. The Bertz CT molecular complexity index is 1060. The van der Waals surface area contributed by atoms with Gasteiger partial charge in [0.1, 0.15) is 19.4 Å². The van der Waals surface area contributed by atoms with E-state index in [4.69, 9.17) is 18.9 Å². The number of H-pyrrole nitrogens is 1. The lowest BCUT2D eigenvalue weighted by Gasteiger charge is -2.22. The molecule has 1 aromatic heterocycles. The number of halogens is 3. The third kappa shape index (κ3) is 10.8. The first-order chi connectivity index (χ1) is 17.4. The summed E-state index contributed by atoms with van der Waals surface area (Å²) in [5, 5.41) is 1.67. The van der Waals surface area contributed by atoms with Crippen LogP contribution in [0.3, 0.4) is 0 Å². The van der Waals surface area contributed by atoms with Crippen LogP contribution >= 0.6 is 0 Å². The van der Waals surface area contributed by atoms with Gasteiger partial charge in [-0.15, -0.1) is 0 Å². The number of nitrogens with zero attached hydrogens (tertiary/aromatic N) is 1. The third-order valence-corrected chi connectivity index (χ3v) is 7.60. The normalized spacial score (nSPS) is 17.9. The molecule has 37 heavy (non-hydrogen) atoms. The fourth-order valence-corrected chi connectivity index (χ4v) is 5.14. The van der Waals surface area contributed by atoms with Crippen molar-refractivity contribution >= 4 is 14.2 Å². The van der Waals surface area contributed by atoms with Crippen LogP contribution in [-0.4, -0.2) is 62.4 Å². The molecule has 208 valence electrons. The summed E-state index contributed by atoms with van der Waals surface area (Å²) in [6.45, 7) is 5.98. The van der Waals surface area contributed by atoms with E-state index in [1.807, 2.05) is 0 Å². The van der Waals surface area contributed by atoms with Crippen LogP contribution in [0.25, 0.3) is 0 Å². The standard InChI is InChI=1S/C23H34F3N3O7Si/c1-4-5-14-37(2,3)36-34-16-18-9-10-19(35-18)29-15-17(20(30)28-22(29)32)8-6-7-12-33-13-11-27-21(31)23(24,25)26/h15,18-19H,4-5,8-14,16H2,1-3H3,(H,27,31)(H,28,30,32)/t18-,19+/m0/s1. The zero-order valence-corrected chi connectivity index (χ0v) is 22.2. The molecule has 1 amide bonds. The molecular weight excluding hydrogens is 515 g/mol. The Balaban J connectivity index is 1.81. The Labute approximate surface area is 213 Å². The smallest absolute Gasteiger partial charge is 0.367 e. The maximum atomic E-state index is 12.3. The minimum atomic E-state index is -4.94. The summed E-state index contributed by atoms with van der Waals surface area (Å²) in [5.41, 5.74) is -0.918. The number of ether oxygens (including phenoxy) is 2. The molecule has 2 atom stereocenters. The lowest BCUT2D eigenvalue weighted by molar-refractivity contribution is -0.238. The minimum absolute atomic E-state index is 0.0222. The number of rotatable bonds is 13. The van der Waals surface area contributed by atoms with E-state index in [2.05, 4.69) is 36.8 Å². The number of aromatic nitrogens is 2. The van der Waals surface area contributed by atoms with Crippen LogP contribution in [0, 0.1) is 11.8 Å². The van der Waals surface area contributed by atoms with E-state index in [1.165, 1.54) is 10.8 Å². The van der Waals surface area contributed by atoms with Gasteiger partial charge in [0, 0.05) is 24.7 Å². The van der Waals surface area contributed by atoms with Crippen molar-refractivity contribution in [1.29, 1.82) is 0 Å². The molecule has 2 N–H and O–H groups in total. The van der Waals surface area contributed by atoms with Crippen molar-refractivity contribution in [2.24, 2.45) is 0 Å². The SMILES string of the molecule is CCCC[Si](C)(C)OOC[C@@H]1CC[C@H](n2cc(CC#CCOCCNC(=O)C(F)(F)F)c(=O)[nH]c2=O)O1. The molecule has 1 fully saturated rings. The highest BCUT2D eigenvalue weighted by molar-refractivity contribution is 6.70. The molecule has 0 aliphatic carbocycles. The zero-order valence-electron chi connectivity index (χ0n) is 21.2. The minimum Gasteiger partial charge on any atom is -0.367 e. The second kappa shape index (κ2) is 14.5. The number of unbranched alkanes of at least 4 members (excludes halogenated alkanes) is 1. The van der Waals surface area contributed by atoms with Crippen molar-refractivity contribution in [3.05, 3.63) is 32.6 Å². The van der Waals surface area contributed by atoms with Crippen molar-refractivity contribution < 1.29 is 36.9 Å². The first kappa shape index (κ1) is 30.8. The molecule has 1 aliphatic heterocycles. The largest absolute Gasteiger partial charge is 0.471 e. The maximum absolute atomic E-state index is 12.3. The Morgan fingerprint density at radius 1 is 1.30 bits per heavy atom. The monoisotopic (exact) mass is 549 g/mol. The van der Waals surface area contributed by atoms with Crippen LogP contribution in [0.15, 0.2) is 15.8 Å². The molecular formula is C23H34F3N3O7Si. The van der Waals surface area contributed by atoms with Gasteiger partial charge in [-0.05, 0) is 32.0 Å². The van der Waals surface area contributed by atoms with Crippen molar-refractivity contribution in [2.75, 3.05) is 26.4 Å². The van der Waals surface area contributed by atoms with Gasteiger partial charge < -0.3 is 14.8 Å². The summed E-state index contributed by atoms with van der Waals surface area (Å²) in [6, 6.07) is 1.00. The lowest BCUT2D eigenvalue weighted by atomic mass is 10.2. The number of aromatic amines is 1. The Morgan fingerprint density at radius 2 is 2.05 bits per heavy atom. The topological polar surface area (TPSA) is 121 Å². The summed E-state index contributed by atoms with van der Waals surface area (Å²) >= 11 is 0. The molecule has 1 aliphatic rings. The number of amides is 1. The van der Waals surface area contributed by atoms with Crippen LogP contribution in [0.1, 0.15) is 44.4 Å². The van der Waals surface area contributed by atoms with Crippen LogP contribution in [0.4, 0.5) is 13.2 Å². The third-order valence-electron chi connectivity index (χ3n) is 5.48. The molecule has 2 heterocycles. The summed E-state index contributed by atoms with van der Waals surface area (Å²) in [4.78, 5) is 42.9. The number of carbonyl (C=O) groups is 1. The zero-order chi connectivity index (χ0) is 27.5. The summed E-state index contributed by atoms with van der Waals surface area (Å²) in [7, 11) is -1.89. The van der Waals surface area contributed by atoms with E-state index >= 15 is 0 Å². The van der Waals surface area contributed by atoms with Crippen molar-refractivity contribution in [1.82, 2.24) is 14.9 Å². The predicted molar refractivity (Wildman–Crippen MR) is 130 cm³/mol. The van der Waals surface area contributed by atoms with Crippen molar-refractivity contribution in [2.45, 2.75) is 76.7 Å². The molecule has 2 rings (SSSR count). The predicted octanol–water partition coefficient (Wildman–Crippen LogP) is 2.41. The van der Waals surface area contributed by atoms with Gasteiger partial charge in [0.25, 0.3) is 5.56 Å². The Kier molecular flexibility index (Phi) is 12.0. The maximum Gasteiger partial charge on any atom is 0.471 e. The molecule has 0 radical (unpaired) electrons. The van der Waals surface area contributed by atoms with Gasteiger partial charge in [0.15, 0.2) is 0 Å². The Morgan fingerprint density at radius 3 is 2.76 bits per heavy atom. The highest BCUT2D eigenvalue weighted by Gasteiger charge is 2.38. The second-order valence-corrected chi connectivity index (χ2v) is 13.4. The van der Waals surface area contributed by atoms with Gasteiger partial charge in [-0.1, -0.05) is 31.6 Å². The summed E-state index contributed by atoms with van der Waals surface area (Å²) in [5.74, 6) is 3.31. The molecule has 0 aromatic carbocycles. The van der Waals surface area contributed by atoms with E-state index in [-0.39, 0.29) is 44.5 Å². The molecule has 1 saturated heterocycles. The number of alkyl halides is 3. The summed E-state index contributed by atoms with van der Waals surface area (Å²) in [6.07, 6.45) is -0.924. The van der Waals surface area contributed by atoms with Gasteiger partial charge in [-0.3, -0.25) is 23.7 Å². The highest BCUT2D eigenvalue weighted by atomic mass is 28.4. The van der Waals surface area contributed by atoms with E-state index < -0.39 is 37.9 Å². The lowest BCUT2D eigenvalue weighted by Crippen LogP contribution is -2.38. The van der Waals surface area contributed by atoms with E-state index in [9.17, 15) is 27.6 Å². The summed E-state index contributed by atoms with van der Waals surface area (Å²) < 4.78 is 54.2. The molecule has 0 unspecified atom stereocenters. The fraction of sp³-hybridized carbons (Fsp3) is 0.696. The molecule has 10 nitrogen and oxygen atoms in total. The van der Waals surface area contributed by atoms with Gasteiger partial charge in [0.05, 0.1) is 12.7 Å². The fourth-order valence-electron chi connectivity index (χ4n) is 3.46. The average molecular weight is 550 g/mol. The average Bonchev–Trinajstić information content (AvgIpc) is 3.28. The first-order valence-electron chi connectivity index (χ1n) is 12.1. The Hall–Kier alpha value is -2.44. The number of carbonyl (C=O) groups excluding carboxylic acids is 1. The van der Waals surface area contributed by atoms with Crippen LogP contribution in [0.2, 0.25) is 19.1 Å². The van der Waals surface area contributed by atoms with Crippen LogP contribution in [-0.2, 0) is 30.2 Å². The van der Waals surface area contributed by atoms with Crippen LogP contribution in [0.5, 0.6) is 0 Å². The molecule has 0 spiro atoms. The molecule has 1 aromatic rings. The molecule has 14 heteroatoms. The second-order valence-electron chi connectivity index (χ2n) is 9.18. The van der Waals surface area contributed by atoms with Crippen molar-refractivity contribution in [3.8, 4) is 11.8 Å². The van der Waals surface area contributed by atoms with Gasteiger partial charge in [-0.25, -0.2) is 9.68 Å². The quantitative estimate of drug-likeness (QED) is 0.127. The van der Waals surface area contributed by atoms with E-state index in [0.29, 0.717) is 12.8 Å². The number of nitrogens with one attached hydrogen (secondary N) is 2. The number of hydrogen-bond donors (Lipinski definition) is 2. The molecule has 0 saturated carbocycles. The van der Waals surface area contributed by atoms with Crippen LogP contribution < -0.4 is 16.6 Å². The highest BCUT2D eigenvalue weighted by Crippen LogP contribution is 2.27. The number of hydrogen-bond acceptors (Lipinski definition) is 7. The van der Waals surface area contributed by atoms with Crippen molar-refractivity contribution in [3.63, 3.8) is 0 Å². The van der Waals surface area contributed by atoms with E-state index in [1.54, 1.807) is 5.32 Å². The molecule has 0 bridgehead atoms. The van der Waals surface area contributed by atoms with E-state index in [0.717, 1.165) is 18.9 Å².